The fourth-order valence-electron chi connectivity index (χ4n) is 3.80. The van der Waals surface area contributed by atoms with Gasteiger partial charge in [0.2, 0.25) is 0 Å². The lowest BCUT2D eigenvalue weighted by Crippen LogP contribution is -2.36. The Morgan fingerprint density at radius 2 is 2.12 bits per heavy atom. The molecule has 0 radical (unpaired) electrons. The minimum atomic E-state index is 0.0791. The van der Waals surface area contributed by atoms with E-state index in [0.717, 1.165) is 17.9 Å². The van der Waals surface area contributed by atoms with Crippen LogP contribution in [0.15, 0.2) is 47.7 Å². The molecule has 0 bridgehead atoms. The first-order chi connectivity index (χ1) is 11.7. The van der Waals surface area contributed by atoms with Crippen LogP contribution >= 0.6 is 11.8 Å². The molecule has 2 aliphatic heterocycles. The zero-order chi connectivity index (χ0) is 16.7. The van der Waals surface area contributed by atoms with Crippen LogP contribution in [0.5, 0.6) is 0 Å². The summed E-state index contributed by atoms with van der Waals surface area (Å²) in [6, 6.07) is 11.9. The van der Waals surface area contributed by atoms with E-state index in [2.05, 4.69) is 65.7 Å². The maximum Gasteiger partial charge on any atom is 0.160 e. The molecule has 4 heterocycles. The fraction of sp³-hybridized carbons (Fsp3) is 0.474. The van der Waals surface area contributed by atoms with Gasteiger partial charge < -0.3 is 9.47 Å². The maximum atomic E-state index is 5.09. The predicted molar refractivity (Wildman–Crippen MR) is 100 cm³/mol. The van der Waals surface area contributed by atoms with Crippen LogP contribution in [0, 0.1) is 0 Å². The van der Waals surface area contributed by atoms with Gasteiger partial charge in [0.1, 0.15) is 6.04 Å². The van der Waals surface area contributed by atoms with Gasteiger partial charge in [-0.1, -0.05) is 24.8 Å². The zero-order valence-electron chi connectivity index (χ0n) is 14.5. The molecule has 0 N–H and O–H groups in total. The summed E-state index contributed by atoms with van der Waals surface area (Å²) < 4.78 is 2.38. The van der Waals surface area contributed by atoms with Crippen molar-refractivity contribution in [3.05, 3.63) is 54.1 Å². The Labute approximate surface area is 148 Å². The van der Waals surface area contributed by atoms with Gasteiger partial charge in [0.15, 0.2) is 5.17 Å². The van der Waals surface area contributed by atoms with Crippen LogP contribution in [0.3, 0.4) is 0 Å². The summed E-state index contributed by atoms with van der Waals surface area (Å²) in [5.41, 5.74) is 2.41. The van der Waals surface area contributed by atoms with Gasteiger partial charge in [0.05, 0.1) is 11.7 Å². The molecule has 2 aromatic heterocycles. The van der Waals surface area contributed by atoms with E-state index < -0.39 is 0 Å². The highest BCUT2D eigenvalue weighted by Crippen LogP contribution is 2.48. The molecule has 1 fully saturated rings. The molecule has 0 unspecified atom stereocenters. The van der Waals surface area contributed by atoms with Crippen LogP contribution < -0.4 is 0 Å². The Bertz CT molecular complexity index is 737. The lowest BCUT2D eigenvalue weighted by atomic mass is 9.99. The third-order valence-electron chi connectivity index (χ3n) is 5.00. The number of pyridine rings is 1. The second-order valence-corrected chi connectivity index (χ2v) is 7.76. The van der Waals surface area contributed by atoms with E-state index in [1.54, 1.807) is 0 Å². The van der Waals surface area contributed by atoms with E-state index in [1.165, 1.54) is 10.9 Å². The molecule has 0 aromatic carbocycles. The fourth-order valence-corrected chi connectivity index (χ4v) is 5.14. The summed E-state index contributed by atoms with van der Waals surface area (Å²) >= 11 is 1.90. The molecule has 2 aliphatic rings. The first kappa shape index (κ1) is 15.8. The predicted octanol–water partition coefficient (Wildman–Crippen LogP) is 4.44. The summed E-state index contributed by atoms with van der Waals surface area (Å²) in [6.45, 7) is 6.76. The summed E-state index contributed by atoms with van der Waals surface area (Å²) in [6.07, 6.45) is 5.22. The van der Waals surface area contributed by atoms with E-state index in [9.17, 15) is 0 Å². The maximum absolute atomic E-state index is 5.09. The topological polar surface area (TPSA) is 33.4 Å². The molecule has 3 atom stereocenters. The Morgan fingerprint density at radius 1 is 1.25 bits per heavy atom. The van der Waals surface area contributed by atoms with Crippen molar-refractivity contribution in [3.63, 3.8) is 0 Å². The van der Waals surface area contributed by atoms with Gasteiger partial charge in [0.25, 0.3) is 0 Å². The number of thioether (sulfide) groups is 1. The molecule has 0 aliphatic carbocycles. The van der Waals surface area contributed by atoms with Crippen molar-refractivity contribution in [2.75, 3.05) is 5.75 Å². The van der Waals surface area contributed by atoms with Crippen molar-refractivity contribution in [2.45, 2.75) is 51.4 Å². The van der Waals surface area contributed by atoms with E-state index in [0.29, 0.717) is 12.1 Å². The van der Waals surface area contributed by atoms with Gasteiger partial charge in [-0.15, -0.1) is 0 Å². The highest BCUT2D eigenvalue weighted by Gasteiger charge is 2.46. The third-order valence-corrected chi connectivity index (χ3v) is 6.13. The van der Waals surface area contributed by atoms with Crippen molar-refractivity contribution in [3.8, 4) is 0 Å². The van der Waals surface area contributed by atoms with Crippen LogP contribution in [-0.2, 0) is 0 Å². The molecule has 1 saturated heterocycles. The van der Waals surface area contributed by atoms with E-state index in [4.69, 9.17) is 4.99 Å². The Hall–Kier alpha value is -1.75. The quantitative estimate of drug-likeness (QED) is 0.825. The van der Waals surface area contributed by atoms with Gasteiger partial charge in [0, 0.05) is 35.9 Å². The van der Waals surface area contributed by atoms with Crippen molar-refractivity contribution < 1.29 is 0 Å². The minimum Gasteiger partial charge on any atom is -0.347 e. The second-order valence-electron chi connectivity index (χ2n) is 6.77. The Kier molecular flexibility index (Phi) is 4.12. The molecular weight excluding hydrogens is 316 g/mol. The number of nitrogens with zero attached hydrogens (tertiary/aromatic N) is 4. The SMILES string of the molecule is CC[C@@H]1CSC2=N[C@@H](c3ccccn3)[C@@H](c3cccn3C(C)C)N21. The summed E-state index contributed by atoms with van der Waals surface area (Å²) in [5, 5.41) is 1.19. The number of hydrogen-bond donors (Lipinski definition) is 0. The summed E-state index contributed by atoms with van der Waals surface area (Å²) in [4.78, 5) is 12.3. The molecule has 24 heavy (non-hydrogen) atoms. The van der Waals surface area contributed by atoms with Crippen LogP contribution in [0.2, 0.25) is 0 Å². The highest BCUT2D eigenvalue weighted by atomic mass is 32.2. The largest absolute Gasteiger partial charge is 0.347 e. The van der Waals surface area contributed by atoms with Gasteiger partial charge >= 0.3 is 0 Å². The van der Waals surface area contributed by atoms with E-state index in [-0.39, 0.29) is 12.1 Å². The van der Waals surface area contributed by atoms with Crippen LogP contribution in [-0.4, -0.2) is 31.4 Å². The molecule has 0 saturated carbocycles. The highest BCUT2D eigenvalue weighted by molar-refractivity contribution is 8.14. The molecule has 126 valence electrons. The molecular formula is C19H24N4S. The van der Waals surface area contributed by atoms with Crippen LogP contribution in [0.25, 0.3) is 0 Å². The van der Waals surface area contributed by atoms with Crippen molar-refractivity contribution in [1.29, 1.82) is 0 Å². The van der Waals surface area contributed by atoms with Gasteiger partial charge in [-0.05, 0) is 44.5 Å². The smallest absolute Gasteiger partial charge is 0.160 e. The molecule has 0 spiro atoms. The van der Waals surface area contributed by atoms with Gasteiger partial charge in [-0.2, -0.15) is 0 Å². The first-order valence-corrected chi connectivity index (χ1v) is 9.76. The standard InChI is InChI=1S/C19H24N4S/c1-4-14-12-24-19-21-17(15-8-5-6-10-20-15)18(23(14)19)16-9-7-11-22(16)13(2)3/h5-11,13-14,17-18H,4,12H2,1-3H3/t14-,17+,18-/m1/s1. The van der Waals surface area contributed by atoms with Gasteiger partial charge in [-0.3, -0.25) is 9.98 Å². The first-order valence-electron chi connectivity index (χ1n) is 8.77. The van der Waals surface area contributed by atoms with Crippen LogP contribution in [0.1, 0.15) is 56.7 Å². The number of aliphatic imine (C=N–C) groups is 1. The average molecular weight is 340 g/mol. The Balaban J connectivity index is 1.81. The molecule has 2 aromatic rings. The van der Waals surface area contributed by atoms with Crippen molar-refractivity contribution in [1.82, 2.24) is 14.5 Å². The van der Waals surface area contributed by atoms with Crippen LogP contribution in [0.4, 0.5) is 0 Å². The van der Waals surface area contributed by atoms with Crippen molar-refractivity contribution >= 4 is 16.9 Å². The minimum absolute atomic E-state index is 0.0791. The summed E-state index contributed by atoms with van der Waals surface area (Å²) in [5.74, 6) is 1.14. The zero-order valence-corrected chi connectivity index (χ0v) is 15.3. The third kappa shape index (κ3) is 2.46. The number of hydrogen-bond acceptors (Lipinski definition) is 4. The van der Waals surface area contributed by atoms with Crippen molar-refractivity contribution in [2.24, 2.45) is 4.99 Å². The van der Waals surface area contributed by atoms with E-state index >= 15 is 0 Å². The molecule has 0 amide bonds. The number of amidine groups is 1. The normalized spacial score (nSPS) is 26.1. The number of fused-ring (bicyclic) bond motifs is 1. The lowest BCUT2D eigenvalue weighted by molar-refractivity contribution is 0.243. The second kappa shape index (κ2) is 6.28. The monoisotopic (exact) mass is 340 g/mol. The molecule has 4 nitrogen and oxygen atoms in total. The van der Waals surface area contributed by atoms with E-state index in [1.807, 2.05) is 24.0 Å². The van der Waals surface area contributed by atoms with Gasteiger partial charge in [-0.25, -0.2) is 0 Å². The number of rotatable bonds is 4. The summed E-state index contributed by atoms with van der Waals surface area (Å²) in [7, 11) is 0. The lowest BCUT2D eigenvalue weighted by Gasteiger charge is -2.33. The Morgan fingerprint density at radius 3 is 2.83 bits per heavy atom. The molecule has 4 rings (SSSR count). The molecule has 5 heteroatoms. The average Bonchev–Trinajstić information content (AvgIpc) is 3.29. The number of aromatic nitrogens is 2.